The monoisotopic (exact) mass is 653 g/mol. The highest BCUT2D eigenvalue weighted by molar-refractivity contribution is 7.92. The van der Waals surface area contributed by atoms with Crippen molar-refractivity contribution < 1.29 is 40.5 Å². The molecule has 0 radical (unpaired) electrons. The topological polar surface area (TPSA) is 149 Å². The lowest BCUT2D eigenvalue weighted by atomic mass is 10.2. The SMILES string of the molecule is COc1ccc(S(=O)(=O)Nc2cc3c(cc2Oc2cc(OCCCCCCN)cc(OCC(F)(F)F)c2)n(C)c(=O)n3C)cn1. The van der Waals surface area contributed by atoms with Crippen molar-refractivity contribution in [3.05, 3.63) is 59.1 Å². The highest BCUT2D eigenvalue weighted by atomic mass is 32.2. The molecule has 0 aliphatic carbocycles. The smallest absolute Gasteiger partial charge is 0.422 e. The normalized spacial score (nSPS) is 11.9. The van der Waals surface area contributed by atoms with E-state index in [-0.39, 0.29) is 51.8 Å². The number of benzene rings is 2. The van der Waals surface area contributed by atoms with E-state index in [0.29, 0.717) is 24.0 Å². The Morgan fingerprint density at radius 2 is 1.56 bits per heavy atom. The molecule has 3 N–H and O–H groups in total. The van der Waals surface area contributed by atoms with Gasteiger partial charge in [-0.2, -0.15) is 13.2 Å². The molecule has 16 heteroatoms. The molecule has 244 valence electrons. The van der Waals surface area contributed by atoms with Gasteiger partial charge in [0.05, 0.1) is 36.6 Å². The van der Waals surface area contributed by atoms with E-state index in [9.17, 15) is 26.4 Å². The molecule has 0 aliphatic heterocycles. The van der Waals surface area contributed by atoms with Gasteiger partial charge in [0.1, 0.15) is 22.1 Å². The highest BCUT2D eigenvalue weighted by Gasteiger charge is 2.29. The number of anilines is 1. The van der Waals surface area contributed by atoms with E-state index in [1.54, 1.807) is 0 Å². The van der Waals surface area contributed by atoms with Crippen molar-refractivity contribution in [2.45, 2.75) is 36.8 Å². The number of aryl methyl sites for hydroxylation is 2. The minimum absolute atomic E-state index is 0.000325. The Bertz CT molecular complexity index is 1790. The third-order valence-corrected chi connectivity index (χ3v) is 8.05. The third-order valence-electron chi connectivity index (χ3n) is 6.70. The number of sulfonamides is 1. The number of unbranched alkanes of at least 4 members (excludes halogenated alkanes) is 3. The van der Waals surface area contributed by atoms with Gasteiger partial charge >= 0.3 is 11.9 Å². The van der Waals surface area contributed by atoms with Crippen molar-refractivity contribution in [2.24, 2.45) is 19.8 Å². The lowest BCUT2D eigenvalue weighted by Crippen LogP contribution is -2.19. The zero-order valence-electron chi connectivity index (χ0n) is 24.9. The number of pyridine rings is 1. The first-order chi connectivity index (χ1) is 21.3. The summed E-state index contributed by atoms with van der Waals surface area (Å²) in [5.41, 5.74) is 5.89. The Hall–Kier alpha value is -4.44. The fourth-order valence-corrected chi connectivity index (χ4v) is 5.40. The predicted octanol–water partition coefficient (Wildman–Crippen LogP) is 4.71. The van der Waals surface area contributed by atoms with Crippen LogP contribution in [0.1, 0.15) is 25.7 Å². The zero-order valence-corrected chi connectivity index (χ0v) is 25.7. The summed E-state index contributed by atoms with van der Waals surface area (Å²) in [5, 5.41) is 0. The van der Waals surface area contributed by atoms with Crippen LogP contribution in [-0.2, 0) is 24.1 Å². The van der Waals surface area contributed by atoms with Gasteiger partial charge in [0, 0.05) is 44.4 Å². The summed E-state index contributed by atoms with van der Waals surface area (Å²) in [4.78, 5) is 16.4. The molecule has 4 aromatic rings. The van der Waals surface area contributed by atoms with Crippen molar-refractivity contribution in [3.63, 3.8) is 0 Å². The summed E-state index contributed by atoms with van der Waals surface area (Å²) < 4.78 is 92.5. The highest BCUT2D eigenvalue weighted by Crippen LogP contribution is 2.38. The number of imidazole rings is 1. The molecule has 0 amide bonds. The number of hydrogen-bond acceptors (Lipinski definition) is 9. The van der Waals surface area contributed by atoms with Crippen molar-refractivity contribution in [1.29, 1.82) is 0 Å². The number of nitrogens with zero attached hydrogens (tertiary/aromatic N) is 3. The minimum atomic E-state index is -4.59. The number of methoxy groups -OCH3 is 1. The number of nitrogens with two attached hydrogens (primary N) is 1. The maximum atomic E-state index is 13.3. The largest absolute Gasteiger partial charge is 0.493 e. The summed E-state index contributed by atoms with van der Waals surface area (Å²) in [5.74, 6) is 0.166. The number of hydrogen-bond donors (Lipinski definition) is 2. The molecule has 2 aromatic heterocycles. The summed E-state index contributed by atoms with van der Waals surface area (Å²) in [7, 11) is 0.224. The number of aromatic nitrogens is 3. The fourth-order valence-electron chi connectivity index (χ4n) is 4.39. The fraction of sp³-hybridized carbons (Fsp3) is 0.379. The first kappa shape index (κ1) is 33.5. The predicted molar refractivity (Wildman–Crippen MR) is 161 cm³/mol. The zero-order chi connectivity index (χ0) is 32.8. The molecule has 0 saturated carbocycles. The molecule has 0 saturated heterocycles. The first-order valence-corrected chi connectivity index (χ1v) is 15.4. The summed E-state index contributed by atoms with van der Waals surface area (Å²) >= 11 is 0. The second-order valence-electron chi connectivity index (χ2n) is 10.1. The van der Waals surface area contributed by atoms with E-state index in [0.717, 1.165) is 25.5 Å². The molecule has 0 spiro atoms. The molecule has 0 atom stereocenters. The second-order valence-corrected chi connectivity index (χ2v) is 11.8. The molecule has 45 heavy (non-hydrogen) atoms. The summed E-state index contributed by atoms with van der Waals surface area (Å²) in [6.45, 7) is -0.683. The van der Waals surface area contributed by atoms with Crippen LogP contribution in [0.15, 0.2) is 58.4 Å². The molecule has 4 rings (SSSR count). The average molecular weight is 654 g/mol. The number of nitrogens with one attached hydrogen (secondary N) is 1. The van der Waals surface area contributed by atoms with Gasteiger partial charge in [-0.25, -0.2) is 18.2 Å². The van der Waals surface area contributed by atoms with Crippen molar-refractivity contribution in [3.8, 4) is 28.9 Å². The van der Waals surface area contributed by atoms with Crippen LogP contribution in [0.5, 0.6) is 28.9 Å². The molecule has 0 bridgehead atoms. The van der Waals surface area contributed by atoms with Gasteiger partial charge in [-0.3, -0.25) is 13.9 Å². The Balaban J connectivity index is 1.72. The minimum Gasteiger partial charge on any atom is -0.493 e. The van der Waals surface area contributed by atoms with Gasteiger partial charge in [0.15, 0.2) is 12.4 Å². The van der Waals surface area contributed by atoms with Crippen LogP contribution in [0, 0.1) is 0 Å². The van der Waals surface area contributed by atoms with Crippen LogP contribution in [0.3, 0.4) is 0 Å². The average Bonchev–Trinajstić information content (AvgIpc) is 3.20. The van der Waals surface area contributed by atoms with E-state index in [1.165, 1.54) is 72.8 Å². The quantitative estimate of drug-likeness (QED) is 0.174. The van der Waals surface area contributed by atoms with E-state index in [2.05, 4.69) is 9.71 Å². The standard InChI is InChI=1S/C29H34F3N5O7S/c1-36-24-15-23(35-45(39,40)22-8-9-27(41-3)34-17-22)26(16-25(24)37(2)28(36)38)44-21-13-19(42-11-7-5-4-6-10-33)12-20(14-21)43-18-29(30,31)32/h8-9,12-17,35H,4-7,10-11,18,33H2,1-3H3. The van der Waals surface area contributed by atoms with Gasteiger partial charge in [-0.1, -0.05) is 12.8 Å². The Labute approximate surface area is 257 Å². The maximum Gasteiger partial charge on any atom is 0.422 e. The first-order valence-electron chi connectivity index (χ1n) is 13.9. The number of ether oxygens (including phenoxy) is 4. The van der Waals surface area contributed by atoms with Crippen molar-refractivity contribution in [1.82, 2.24) is 14.1 Å². The molecule has 2 heterocycles. The van der Waals surface area contributed by atoms with Crippen LogP contribution in [0.2, 0.25) is 0 Å². The van der Waals surface area contributed by atoms with Crippen LogP contribution in [0.25, 0.3) is 11.0 Å². The van der Waals surface area contributed by atoms with Crippen LogP contribution in [0.4, 0.5) is 18.9 Å². The van der Waals surface area contributed by atoms with Gasteiger partial charge < -0.3 is 24.7 Å². The van der Waals surface area contributed by atoms with Gasteiger partial charge in [0.2, 0.25) is 5.88 Å². The van der Waals surface area contributed by atoms with Crippen LogP contribution >= 0.6 is 0 Å². The van der Waals surface area contributed by atoms with Gasteiger partial charge in [0.25, 0.3) is 10.0 Å². The van der Waals surface area contributed by atoms with Crippen LogP contribution in [-0.4, -0.2) is 55.6 Å². The van der Waals surface area contributed by atoms with E-state index in [4.69, 9.17) is 24.7 Å². The summed E-state index contributed by atoms with van der Waals surface area (Å²) in [6.07, 6.45) is -0.149. The molecule has 0 fully saturated rings. The van der Waals surface area contributed by atoms with E-state index in [1.807, 2.05) is 0 Å². The Morgan fingerprint density at radius 3 is 2.18 bits per heavy atom. The lowest BCUT2D eigenvalue weighted by Gasteiger charge is -2.17. The Kier molecular flexibility index (Phi) is 10.5. The third kappa shape index (κ3) is 8.60. The molecule has 2 aromatic carbocycles. The maximum absolute atomic E-state index is 13.3. The summed E-state index contributed by atoms with van der Waals surface area (Å²) in [6, 6.07) is 9.52. The number of fused-ring (bicyclic) bond motifs is 1. The molecule has 0 unspecified atom stereocenters. The number of alkyl halides is 3. The van der Waals surface area contributed by atoms with E-state index >= 15 is 0 Å². The molecular formula is C29H34F3N5O7S. The number of halogens is 3. The lowest BCUT2D eigenvalue weighted by molar-refractivity contribution is -0.153. The van der Waals surface area contributed by atoms with Gasteiger partial charge in [-0.05, 0) is 31.5 Å². The number of rotatable bonds is 15. The van der Waals surface area contributed by atoms with Crippen molar-refractivity contribution in [2.75, 3.05) is 31.6 Å². The van der Waals surface area contributed by atoms with Crippen LogP contribution < -0.4 is 35.1 Å². The second kappa shape index (κ2) is 14.1. The van der Waals surface area contributed by atoms with Gasteiger partial charge in [-0.15, -0.1) is 0 Å². The molecular weight excluding hydrogens is 619 g/mol. The molecule has 0 aliphatic rings. The molecule has 12 nitrogen and oxygen atoms in total. The van der Waals surface area contributed by atoms with Crippen molar-refractivity contribution >= 4 is 26.7 Å². The van der Waals surface area contributed by atoms with E-state index < -0.39 is 22.8 Å². The Morgan fingerprint density at radius 1 is 0.911 bits per heavy atom.